The van der Waals surface area contributed by atoms with E-state index in [1.165, 1.54) is 103 Å². The molecule has 5 aromatic carbocycles. The smallest absolute Gasteiger partial charge is 0.335 e. The zero-order valence-corrected chi connectivity index (χ0v) is 37.6. The molecule has 0 heterocycles. The summed E-state index contributed by atoms with van der Waals surface area (Å²) in [6.07, 6.45) is -1.98. The molecule has 358 valence electrons. The Balaban J connectivity index is 1.29. The quantitative estimate of drug-likeness (QED) is 0.0230. The van der Waals surface area contributed by atoms with Gasteiger partial charge in [-0.05, 0) is 123 Å². The van der Waals surface area contributed by atoms with Gasteiger partial charge in [-0.15, -0.1) is 4.91 Å². The number of nitrogens with two attached hydrogens (primary N) is 1. The van der Waals surface area contributed by atoms with Crippen LogP contribution in [0.15, 0.2) is 108 Å². The van der Waals surface area contributed by atoms with Gasteiger partial charge in [-0.25, -0.2) is 4.79 Å². The predicted molar refractivity (Wildman–Crippen MR) is 251 cm³/mol. The highest BCUT2D eigenvalue weighted by molar-refractivity contribution is 6.12. The van der Waals surface area contributed by atoms with Crippen LogP contribution in [0.25, 0.3) is 0 Å². The highest BCUT2D eigenvalue weighted by Crippen LogP contribution is 2.40. The molecule has 22 heteroatoms. The molecule has 5 rings (SSSR count). The van der Waals surface area contributed by atoms with E-state index in [0.717, 1.165) is 7.11 Å². The van der Waals surface area contributed by atoms with E-state index in [0.29, 0.717) is 6.42 Å². The standard InChI is InChI=1S/C47H46N8O14/c1-6-25(4)69-36-23-29(47(62)63)13-21-34(36)51-45(60)33-20-22-35(39(37(33)54-64)68-24(2)3)52-43(58)26-7-16-31(17-8-26)50-46(61)38(40(67-5)41(48)56)53-44(59)27-9-14-30(15-10-27)49-42(57)28-11-18-32(19-12-28)55(65)66/h7-25,38,40H,6H2,1-5H3,(H2,48,56)(H,49,57)(H,50,61)(H,51,60)(H,52,58)(H,53,59)(H,62,63). The van der Waals surface area contributed by atoms with Crippen molar-refractivity contribution in [3.05, 3.63) is 146 Å². The number of hydrogen-bond donors (Lipinski definition) is 7. The number of anilines is 4. The maximum absolute atomic E-state index is 13.6. The number of carboxylic acid groups (broad SMARTS) is 1. The van der Waals surface area contributed by atoms with Gasteiger partial charge in [-0.1, -0.05) is 6.92 Å². The molecule has 0 aliphatic heterocycles. The summed E-state index contributed by atoms with van der Waals surface area (Å²) < 4.78 is 16.9. The number of carboxylic acids is 1. The zero-order chi connectivity index (χ0) is 50.5. The maximum atomic E-state index is 13.6. The molecule has 0 aliphatic rings. The minimum absolute atomic E-state index is 0.0118. The van der Waals surface area contributed by atoms with Crippen LogP contribution in [0.1, 0.15) is 85.9 Å². The molecule has 0 aromatic heterocycles. The largest absolute Gasteiger partial charge is 0.489 e. The molecule has 0 saturated carbocycles. The van der Waals surface area contributed by atoms with Gasteiger partial charge >= 0.3 is 5.97 Å². The van der Waals surface area contributed by atoms with Crippen molar-refractivity contribution >= 4 is 75.5 Å². The van der Waals surface area contributed by atoms with Gasteiger partial charge in [0.1, 0.15) is 11.8 Å². The number of nitro benzene ring substituents is 1. The van der Waals surface area contributed by atoms with Crippen LogP contribution < -0.4 is 41.8 Å². The molecule has 0 fully saturated rings. The SMILES string of the molecule is CCC(C)Oc1cc(C(=O)O)ccc1NC(=O)c1ccc(NC(=O)c2ccc(NC(=O)C(NC(=O)c3ccc(NC(=O)c4ccc([N+](=O)[O-])cc4)cc3)C(OC)C(N)=O)cc2)c(OC(C)C)c1N=O. The minimum Gasteiger partial charge on any atom is -0.489 e. The van der Waals surface area contributed by atoms with Gasteiger partial charge < -0.3 is 51.6 Å². The Kier molecular flexibility index (Phi) is 16.9. The summed E-state index contributed by atoms with van der Waals surface area (Å²) in [5.41, 5.74) is 5.23. The van der Waals surface area contributed by atoms with Crippen molar-refractivity contribution in [2.24, 2.45) is 10.9 Å². The lowest BCUT2D eigenvalue weighted by Gasteiger charge is -2.24. The topological polar surface area (TPSA) is 326 Å². The molecule has 69 heavy (non-hydrogen) atoms. The van der Waals surface area contributed by atoms with Crippen LogP contribution in [0.4, 0.5) is 34.1 Å². The number of nitroso groups, excluding NO2 is 1. The van der Waals surface area contributed by atoms with Crippen molar-refractivity contribution < 1.29 is 57.8 Å². The lowest BCUT2D eigenvalue weighted by atomic mass is 10.1. The van der Waals surface area contributed by atoms with Crippen LogP contribution in [0.5, 0.6) is 11.5 Å². The van der Waals surface area contributed by atoms with E-state index in [1.54, 1.807) is 20.8 Å². The molecule has 5 aromatic rings. The van der Waals surface area contributed by atoms with Gasteiger partial charge in [-0.3, -0.25) is 38.9 Å². The Morgan fingerprint density at radius 3 is 1.74 bits per heavy atom. The third-order valence-electron chi connectivity index (χ3n) is 10.0. The first kappa shape index (κ1) is 50.9. The van der Waals surface area contributed by atoms with Crippen LogP contribution >= 0.6 is 0 Å². The first-order valence-electron chi connectivity index (χ1n) is 20.9. The average Bonchev–Trinajstić information content (AvgIpc) is 3.32. The molecule has 0 spiro atoms. The predicted octanol–water partition coefficient (Wildman–Crippen LogP) is 6.65. The van der Waals surface area contributed by atoms with Gasteiger partial charge in [0.2, 0.25) is 11.8 Å². The fourth-order valence-electron chi connectivity index (χ4n) is 6.33. The summed E-state index contributed by atoms with van der Waals surface area (Å²) in [5.74, 6) is -6.29. The van der Waals surface area contributed by atoms with Crippen LogP contribution in [0, 0.1) is 15.0 Å². The number of non-ortho nitro benzene ring substituents is 1. The van der Waals surface area contributed by atoms with Crippen molar-refractivity contribution in [1.29, 1.82) is 0 Å². The third kappa shape index (κ3) is 13.1. The van der Waals surface area contributed by atoms with Crippen molar-refractivity contribution in [3.63, 3.8) is 0 Å². The minimum atomic E-state index is -1.67. The number of ether oxygens (including phenoxy) is 3. The normalized spacial score (nSPS) is 12.0. The third-order valence-corrected chi connectivity index (χ3v) is 10.0. The van der Waals surface area contributed by atoms with E-state index < -0.39 is 70.3 Å². The molecule has 0 bridgehead atoms. The number of benzene rings is 5. The van der Waals surface area contributed by atoms with Gasteiger partial charge in [0, 0.05) is 47.3 Å². The molecule has 6 amide bonds. The van der Waals surface area contributed by atoms with E-state index in [9.17, 15) is 53.7 Å². The first-order valence-corrected chi connectivity index (χ1v) is 20.9. The van der Waals surface area contributed by atoms with E-state index in [1.807, 2.05) is 6.92 Å². The number of carbonyl (C=O) groups excluding carboxylic acids is 6. The van der Waals surface area contributed by atoms with Gasteiger partial charge in [0.15, 0.2) is 17.5 Å². The highest BCUT2D eigenvalue weighted by Gasteiger charge is 2.35. The van der Waals surface area contributed by atoms with Crippen LogP contribution in [-0.2, 0) is 14.3 Å². The Bertz CT molecular complexity index is 2780. The number of amides is 6. The molecule has 3 unspecified atom stereocenters. The highest BCUT2D eigenvalue weighted by atomic mass is 16.6. The number of aromatic carboxylic acids is 1. The molecule has 22 nitrogen and oxygen atoms in total. The van der Waals surface area contributed by atoms with Crippen LogP contribution in [0.2, 0.25) is 0 Å². The summed E-state index contributed by atoms with van der Waals surface area (Å²) in [4.78, 5) is 113. The Hall–Kier alpha value is -9.05. The van der Waals surface area contributed by atoms with Crippen molar-refractivity contribution in [3.8, 4) is 11.5 Å². The number of nitro groups is 1. The number of methoxy groups -OCH3 is 1. The fourth-order valence-corrected chi connectivity index (χ4v) is 6.33. The molecule has 0 aliphatic carbocycles. The van der Waals surface area contributed by atoms with Gasteiger partial charge in [-0.2, -0.15) is 0 Å². The average molecular weight is 947 g/mol. The molecule has 0 saturated heterocycles. The van der Waals surface area contributed by atoms with Gasteiger partial charge in [0.05, 0.1) is 39.6 Å². The first-order chi connectivity index (χ1) is 32.8. The summed E-state index contributed by atoms with van der Waals surface area (Å²) in [6.45, 7) is 6.91. The van der Waals surface area contributed by atoms with E-state index >= 15 is 0 Å². The number of rotatable bonds is 21. The zero-order valence-electron chi connectivity index (χ0n) is 37.6. The number of hydrogen-bond acceptors (Lipinski definition) is 14. The summed E-state index contributed by atoms with van der Waals surface area (Å²) >= 11 is 0. The Morgan fingerprint density at radius 2 is 1.22 bits per heavy atom. The summed E-state index contributed by atoms with van der Waals surface area (Å²) in [5, 5.41) is 36.3. The monoisotopic (exact) mass is 946 g/mol. The van der Waals surface area contributed by atoms with E-state index in [4.69, 9.17) is 19.9 Å². The Morgan fingerprint density at radius 1 is 0.696 bits per heavy atom. The van der Waals surface area contributed by atoms with Crippen LogP contribution in [0.3, 0.4) is 0 Å². The lowest BCUT2D eigenvalue weighted by Crippen LogP contribution is -2.56. The van der Waals surface area contributed by atoms with Gasteiger partial charge in [0.25, 0.3) is 29.3 Å². The molecular formula is C47H46N8O14. The van der Waals surface area contributed by atoms with Crippen molar-refractivity contribution in [2.45, 2.75) is 58.5 Å². The number of nitrogens with one attached hydrogen (secondary N) is 5. The lowest BCUT2D eigenvalue weighted by molar-refractivity contribution is -0.384. The Labute approximate surface area is 393 Å². The number of carbonyl (C=O) groups is 7. The van der Waals surface area contributed by atoms with Crippen molar-refractivity contribution in [1.82, 2.24) is 5.32 Å². The van der Waals surface area contributed by atoms with Crippen molar-refractivity contribution in [2.75, 3.05) is 28.4 Å². The molecule has 0 radical (unpaired) electrons. The molecule has 8 N–H and O–H groups in total. The number of nitrogens with zero attached hydrogens (tertiary/aromatic N) is 2. The second-order valence-electron chi connectivity index (χ2n) is 15.3. The second-order valence-corrected chi connectivity index (χ2v) is 15.3. The second kappa shape index (κ2) is 22.9. The van der Waals surface area contributed by atoms with E-state index in [2.05, 4.69) is 31.8 Å². The molecular weight excluding hydrogens is 901 g/mol. The maximum Gasteiger partial charge on any atom is 0.335 e. The molecule has 3 atom stereocenters. The van der Waals surface area contributed by atoms with Crippen LogP contribution in [-0.4, -0.2) is 82.9 Å². The summed E-state index contributed by atoms with van der Waals surface area (Å²) in [7, 11) is 1.11. The number of primary amides is 1. The fraction of sp³-hybridized carbons (Fsp3) is 0.213. The summed E-state index contributed by atoms with van der Waals surface area (Å²) in [6, 6.07) is 20.5. The van der Waals surface area contributed by atoms with E-state index in [-0.39, 0.29) is 73.9 Å².